The van der Waals surface area contributed by atoms with Crippen LogP contribution in [0.25, 0.3) is 10.7 Å². The van der Waals surface area contributed by atoms with Crippen molar-refractivity contribution < 1.29 is 43.2 Å². The molecule has 0 aliphatic carbocycles. The number of amides is 1. The Labute approximate surface area is 342 Å². The van der Waals surface area contributed by atoms with Gasteiger partial charge in [0, 0.05) is 50.3 Å². The van der Waals surface area contributed by atoms with Crippen molar-refractivity contribution in [3.63, 3.8) is 0 Å². The van der Waals surface area contributed by atoms with E-state index in [1.165, 1.54) is 18.3 Å². The molecule has 17 heteroatoms. The number of ketones is 1. The van der Waals surface area contributed by atoms with Gasteiger partial charge in [-0.3, -0.25) is 19.2 Å². The van der Waals surface area contributed by atoms with Gasteiger partial charge in [0.1, 0.15) is 34.6 Å². The number of carbonyl (C=O) groups excluding carboxylic acids is 3. The fourth-order valence-electron chi connectivity index (χ4n) is 8.57. The maximum absolute atomic E-state index is 14.0. The number of rotatable bonds is 11. The van der Waals surface area contributed by atoms with E-state index in [1.807, 2.05) is 65.2 Å². The van der Waals surface area contributed by atoms with Crippen molar-refractivity contribution in [2.75, 3.05) is 34.3 Å². The molecule has 0 bridgehead atoms. The zero-order chi connectivity index (χ0) is 40.9. The molecule has 16 nitrogen and oxygen atoms in total. The fourth-order valence-corrected chi connectivity index (χ4v) is 9.15. The molecule has 5 heterocycles. The van der Waals surface area contributed by atoms with Gasteiger partial charge in [0.25, 0.3) is 0 Å². The van der Waals surface area contributed by atoms with E-state index in [0.29, 0.717) is 45.3 Å². The van der Waals surface area contributed by atoms with E-state index < -0.39 is 65.6 Å². The van der Waals surface area contributed by atoms with Crippen LogP contribution in [0.4, 0.5) is 4.79 Å². The molecule has 57 heavy (non-hydrogen) atoms. The number of unbranched alkanes of at least 4 members (excludes halogenated alkanes) is 1. The van der Waals surface area contributed by atoms with Gasteiger partial charge in [-0.25, -0.2) is 9.78 Å². The Morgan fingerprint density at radius 2 is 1.84 bits per heavy atom. The average molecular weight is 822 g/mol. The monoisotopic (exact) mass is 821 g/mol. The second-order valence-electron chi connectivity index (χ2n) is 16.5. The Kier molecular flexibility index (Phi) is 16.2. The molecule has 3 fully saturated rings. The van der Waals surface area contributed by atoms with Gasteiger partial charge in [-0.15, -0.1) is 16.4 Å². The number of nitrogens with one attached hydrogen (secondary N) is 1. The molecule has 2 N–H and O–H groups in total. The number of aliphatic hydroxyl groups excluding tert-OH is 1. The smallest absolute Gasteiger partial charge is 0.410 e. The number of carbonyl (C=O) groups is 3. The van der Waals surface area contributed by atoms with Crippen molar-refractivity contribution in [1.29, 1.82) is 0 Å². The summed E-state index contributed by atoms with van der Waals surface area (Å²) in [6.45, 7) is 14.7. The van der Waals surface area contributed by atoms with Crippen LogP contribution in [0, 0.1) is 11.8 Å². The molecule has 322 valence electrons. The van der Waals surface area contributed by atoms with E-state index in [9.17, 15) is 19.5 Å². The van der Waals surface area contributed by atoms with Crippen LogP contribution in [0.5, 0.6) is 0 Å². The third-order valence-electron chi connectivity index (χ3n) is 11.9. The highest BCUT2D eigenvalue weighted by molar-refractivity contribution is 7.13. The van der Waals surface area contributed by atoms with Gasteiger partial charge >= 0.3 is 12.1 Å². The van der Waals surface area contributed by atoms with Crippen molar-refractivity contribution >= 4 is 29.2 Å². The number of fused-ring (bicyclic) bond motifs is 1. The summed E-state index contributed by atoms with van der Waals surface area (Å²) in [7, 11) is 5.38. The standard InChI is InChI=1S/C39H63N7O9S.CH4/c1-11-30-39(7)33(46(37(50)55-39)16-13-12-15-45-22-27(42-43-45)34-40-14-17-56-34)26(5)41-21-23(2)20-38(6,51-10)31(19-29(47)25(4)35(49)53-30)54-36-32(48)28(44(8)9)18-24(3)52-36;/h14,17,22-26,28,30-33,36,41,48H,11-13,15-16,18-21H2,1-10H3;1H4/t23-,24-,25-,26-,28?,30-,31-,32?,33-,36+,38-,39-;/m1./s1. The van der Waals surface area contributed by atoms with Gasteiger partial charge in [-0.05, 0) is 93.3 Å². The second-order valence-corrected chi connectivity index (χ2v) is 17.4. The first-order chi connectivity index (χ1) is 26.5. The lowest BCUT2D eigenvalue weighted by atomic mass is 9.83. The molecule has 2 unspecified atom stereocenters. The number of nitrogens with zero attached hydrogens (tertiary/aromatic N) is 6. The first-order valence-corrected chi connectivity index (χ1v) is 20.9. The molecule has 0 spiro atoms. The maximum atomic E-state index is 14.0. The molecule has 0 saturated carbocycles. The second kappa shape index (κ2) is 19.8. The van der Waals surface area contributed by atoms with Gasteiger partial charge in [0.15, 0.2) is 11.9 Å². The number of hydrogen-bond acceptors (Lipinski definition) is 15. The third kappa shape index (κ3) is 10.6. The van der Waals surface area contributed by atoms with Gasteiger partial charge in [0.05, 0.1) is 30.0 Å². The van der Waals surface area contributed by atoms with Gasteiger partial charge in [-0.1, -0.05) is 26.5 Å². The first kappa shape index (κ1) is 46.6. The van der Waals surface area contributed by atoms with Crippen LogP contribution < -0.4 is 5.32 Å². The zero-order valence-electron chi connectivity index (χ0n) is 34.7. The number of likely N-dealkylation sites (N-methyl/N-ethyl adjacent to an activating group) is 1. The largest absolute Gasteiger partial charge is 0.458 e. The Hall–Kier alpha value is -3.06. The van der Waals surface area contributed by atoms with Gasteiger partial charge < -0.3 is 39.0 Å². The maximum Gasteiger partial charge on any atom is 0.410 e. The molecule has 5 rings (SSSR count). The summed E-state index contributed by atoms with van der Waals surface area (Å²) < 4.78 is 32.9. The fraction of sp³-hybridized carbons (Fsp3) is 0.800. The van der Waals surface area contributed by atoms with E-state index in [2.05, 4.69) is 27.5 Å². The summed E-state index contributed by atoms with van der Waals surface area (Å²) in [5.74, 6) is -2.25. The van der Waals surface area contributed by atoms with Crippen LogP contribution in [0.15, 0.2) is 17.8 Å². The van der Waals surface area contributed by atoms with Crippen LogP contribution in [0.2, 0.25) is 0 Å². The number of ether oxygens (including phenoxy) is 5. The normalized spacial score (nSPS) is 35.9. The lowest BCUT2D eigenvalue weighted by Gasteiger charge is -2.45. The van der Waals surface area contributed by atoms with Crippen molar-refractivity contribution in [2.24, 2.45) is 11.8 Å². The third-order valence-corrected chi connectivity index (χ3v) is 12.7. The van der Waals surface area contributed by atoms with Crippen molar-refractivity contribution in [1.82, 2.24) is 35.1 Å². The first-order valence-electron chi connectivity index (χ1n) is 20.0. The summed E-state index contributed by atoms with van der Waals surface area (Å²) in [5.41, 5.74) is -1.50. The minimum Gasteiger partial charge on any atom is -0.458 e. The number of aryl methyl sites for hydroxylation is 1. The number of aromatic nitrogens is 4. The molecule has 3 aliphatic heterocycles. The van der Waals surface area contributed by atoms with Crippen molar-refractivity contribution in [2.45, 2.75) is 161 Å². The molecule has 3 saturated heterocycles. The Bertz CT molecular complexity index is 1610. The molecular weight excluding hydrogens is 755 g/mol. The van der Waals surface area contributed by atoms with Crippen molar-refractivity contribution in [3.8, 4) is 10.7 Å². The molecule has 12 atom stereocenters. The van der Waals surface area contributed by atoms with Crippen LogP contribution in [-0.2, 0) is 39.8 Å². The average Bonchev–Trinajstić information content (AvgIpc) is 3.91. The number of methoxy groups -OCH3 is 1. The molecule has 0 aromatic carbocycles. The topological polar surface area (TPSA) is 180 Å². The van der Waals surface area contributed by atoms with Crippen LogP contribution >= 0.6 is 11.3 Å². The molecule has 1 amide bonds. The predicted molar refractivity (Wildman–Crippen MR) is 215 cm³/mol. The molecule has 0 radical (unpaired) electrons. The lowest BCUT2D eigenvalue weighted by Crippen LogP contribution is -2.61. The molecular formula is C40H67N7O9S. The van der Waals surface area contributed by atoms with E-state index in [0.717, 1.165) is 17.1 Å². The SMILES string of the molecule is C.CC[C@H]1OC(=O)[C@H](C)C(=O)C[C@@H](O[C@@H]2O[C@H](C)CC(N(C)C)C2O)[C@](C)(OC)C[C@@H](C)CN[C@H](C)[C@H]2N(CCCCn3cc(-c4nccs4)nn3)C(=O)O[C@]12C. The van der Waals surface area contributed by atoms with Crippen LogP contribution in [0.3, 0.4) is 0 Å². The van der Waals surface area contributed by atoms with Crippen LogP contribution in [-0.4, -0.2) is 147 Å². The van der Waals surface area contributed by atoms with Crippen molar-refractivity contribution in [3.05, 3.63) is 17.8 Å². The summed E-state index contributed by atoms with van der Waals surface area (Å²) in [6, 6.07) is -0.996. The van der Waals surface area contributed by atoms with E-state index in [1.54, 1.807) is 22.9 Å². The van der Waals surface area contributed by atoms with Crippen LogP contribution in [0.1, 0.15) is 94.4 Å². The zero-order valence-corrected chi connectivity index (χ0v) is 35.5. The minimum absolute atomic E-state index is 0. The van der Waals surface area contributed by atoms with E-state index in [-0.39, 0.29) is 38.0 Å². The number of aliphatic hydroxyl groups is 1. The molecule has 3 aliphatic rings. The van der Waals surface area contributed by atoms with Gasteiger partial charge in [0.2, 0.25) is 0 Å². The highest BCUT2D eigenvalue weighted by Gasteiger charge is 2.58. The summed E-state index contributed by atoms with van der Waals surface area (Å²) in [5, 5.41) is 26.2. The Morgan fingerprint density at radius 1 is 1.12 bits per heavy atom. The highest BCUT2D eigenvalue weighted by Crippen LogP contribution is 2.39. The minimum atomic E-state index is -1.21. The Morgan fingerprint density at radius 3 is 2.49 bits per heavy atom. The molecule has 2 aromatic heterocycles. The number of cyclic esters (lactones) is 1. The van der Waals surface area contributed by atoms with E-state index >= 15 is 0 Å². The summed E-state index contributed by atoms with van der Waals surface area (Å²) >= 11 is 1.50. The number of thiazole rings is 1. The van der Waals surface area contributed by atoms with E-state index in [4.69, 9.17) is 23.7 Å². The predicted octanol–water partition coefficient (Wildman–Crippen LogP) is 4.55. The van der Waals surface area contributed by atoms with Gasteiger partial charge in [-0.2, -0.15) is 0 Å². The summed E-state index contributed by atoms with van der Waals surface area (Å²) in [6.07, 6.45) is 1.92. The number of esters is 1. The number of Topliss-reactive ketones (excluding diaryl/α,β-unsaturated/α-hetero) is 1. The Balaban J connectivity index is 0.00000720. The quantitative estimate of drug-likeness (QED) is 0.183. The number of hydrogen-bond donors (Lipinski definition) is 2. The lowest BCUT2D eigenvalue weighted by molar-refractivity contribution is -0.289. The highest BCUT2D eigenvalue weighted by atomic mass is 32.1. The summed E-state index contributed by atoms with van der Waals surface area (Å²) in [4.78, 5) is 49.6. The molecule has 2 aromatic rings.